The summed E-state index contributed by atoms with van der Waals surface area (Å²) in [5.41, 5.74) is 2.33. The molecule has 1 amide bonds. The third kappa shape index (κ3) is 4.71. The number of nitrogens with zero attached hydrogens (tertiary/aromatic N) is 3. The third-order valence-corrected chi connectivity index (χ3v) is 6.23. The van der Waals surface area contributed by atoms with E-state index < -0.39 is 0 Å². The Labute approximate surface area is 181 Å². The summed E-state index contributed by atoms with van der Waals surface area (Å²) in [6.45, 7) is 4.73. The molecule has 3 rings (SSSR count). The van der Waals surface area contributed by atoms with Crippen LogP contribution in [0.3, 0.4) is 0 Å². The number of H-pyrrole nitrogens is 1. The molecule has 154 valence electrons. The van der Waals surface area contributed by atoms with Gasteiger partial charge >= 0.3 is 0 Å². The second-order valence-electron chi connectivity index (χ2n) is 6.40. The van der Waals surface area contributed by atoms with Crippen molar-refractivity contribution in [3.05, 3.63) is 39.9 Å². The Morgan fingerprint density at radius 1 is 1.41 bits per heavy atom. The molecule has 10 heteroatoms. The van der Waals surface area contributed by atoms with Gasteiger partial charge in [-0.3, -0.25) is 19.9 Å². The van der Waals surface area contributed by atoms with Crippen LogP contribution in [-0.4, -0.2) is 51.2 Å². The Balaban J connectivity index is 2.06. The van der Waals surface area contributed by atoms with Gasteiger partial charge in [-0.15, -0.1) is 0 Å². The second kappa shape index (κ2) is 9.55. The maximum atomic E-state index is 12.6. The van der Waals surface area contributed by atoms with Gasteiger partial charge in [-0.25, -0.2) is 4.98 Å². The molecule has 0 radical (unpaired) electrons. The van der Waals surface area contributed by atoms with Gasteiger partial charge in [-0.1, -0.05) is 34.6 Å². The first-order valence-electron chi connectivity index (χ1n) is 9.17. The van der Waals surface area contributed by atoms with Crippen LogP contribution in [0.15, 0.2) is 33.9 Å². The zero-order chi connectivity index (χ0) is 21.0. The summed E-state index contributed by atoms with van der Waals surface area (Å²) in [5.74, 6) is -0.0801. The SMILES string of the molecule is CCC(Sc1nc2n[nH]c(C)c2c(=N)n1-c1ccc(Br)cc1)C(=O)NCCOC. The van der Waals surface area contributed by atoms with Crippen molar-refractivity contribution < 1.29 is 9.53 Å². The zero-order valence-corrected chi connectivity index (χ0v) is 18.9. The van der Waals surface area contributed by atoms with Gasteiger partial charge < -0.3 is 10.1 Å². The molecule has 0 saturated carbocycles. The number of ether oxygens (including phenoxy) is 1. The predicted molar refractivity (Wildman–Crippen MR) is 116 cm³/mol. The Hall–Kier alpha value is -2.17. The number of aryl methyl sites for hydroxylation is 1. The summed E-state index contributed by atoms with van der Waals surface area (Å²) >= 11 is 4.78. The van der Waals surface area contributed by atoms with Gasteiger partial charge in [0.2, 0.25) is 5.91 Å². The number of aromatic amines is 1. The maximum absolute atomic E-state index is 12.6. The van der Waals surface area contributed by atoms with E-state index in [2.05, 4.69) is 36.4 Å². The molecule has 0 saturated heterocycles. The molecule has 0 aliphatic rings. The van der Waals surface area contributed by atoms with Crippen LogP contribution in [0.2, 0.25) is 0 Å². The van der Waals surface area contributed by atoms with Crippen LogP contribution in [0.25, 0.3) is 16.7 Å². The first kappa shape index (κ1) is 21.5. The zero-order valence-electron chi connectivity index (χ0n) is 16.5. The molecular weight excluding hydrogens is 456 g/mol. The fourth-order valence-electron chi connectivity index (χ4n) is 2.88. The molecule has 3 N–H and O–H groups in total. The molecule has 8 nitrogen and oxygen atoms in total. The van der Waals surface area contributed by atoms with Crippen LogP contribution in [0, 0.1) is 12.3 Å². The lowest BCUT2D eigenvalue weighted by molar-refractivity contribution is -0.120. The highest BCUT2D eigenvalue weighted by molar-refractivity contribution is 9.10. The van der Waals surface area contributed by atoms with E-state index in [0.29, 0.717) is 35.8 Å². The molecular formula is C19H23BrN6O2S. The van der Waals surface area contributed by atoms with E-state index in [1.807, 2.05) is 38.1 Å². The topological polar surface area (TPSA) is 109 Å². The van der Waals surface area contributed by atoms with Crippen molar-refractivity contribution >= 4 is 44.6 Å². The molecule has 29 heavy (non-hydrogen) atoms. The number of carbonyl (C=O) groups excluding carboxylic acids is 1. The van der Waals surface area contributed by atoms with Gasteiger partial charge in [0.25, 0.3) is 0 Å². The van der Waals surface area contributed by atoms with Gasteiger partial charge in [0.15, 0.2) is 10.8 Å². The van der Waals surface area contributed by atoms with Gasteiger partial charge in [-0.05, 0) is 37.6 Å². The number of aromatic nitrogens is 4. The largest absolute Gasteiger partial charge is 0.383 e. The van der Waals surface area contributed by atoms with Crippen molar-refractivity contribution in [2.45, 2.75) is 30.7 Å². The monoisotopic (exact) mass is 478 g/mol. The van der Waals surface area contributed by atoms with E-state index >= 15 is 0 Å². The standard InChI is InChI=1S/C19H23BrN6O2S/c1-4-14(18(27)22-9-10-28-3)29-19-23-17-15(11(2)24-25-17)16(21)26(19)13-7-5-12(20)6-8-13/h5-8,14,21H,4,9-10H2,1-3H3,(H,22,27)(H,24,25). The van der Waals surface area contributed by atoms with E-state index in [9.17, 15) is 4.79 Å². The number of hydrogen-bond donors (Lipinski definition) is 3. The molecule has 2 aromatic heterocycles. The number of rotatable bonds is 8. The minimum absolute atomic E-state index is 0.0801. The Bertz CT molecular complexity index is 1060. The molecule has 0 fully saturated rings. The highest BCUT2D eigenvalue weighted by Gasteiger charge is 2.22. The number of nitrogens with one attached hydrogen (secondary N) is 3. The smallest absolute Gasteiger partial charge is 0.233 e. The molecule has 1 unspecified atom stereocenters. The average Bonchev–Trinajstić information content (AvgIpc) is 3.08. The fourth-order valence-corrected chi connectivity index (χ4v) is 4.19. The van der Waals surface area contributed by atoms with Crippen LogP contribution in [0.5, 0.6) is 0 Å². The van der Waals surface area contributed by atoms with Crippen LogP contribution in [-0.2, 0) is 9.53 Å². The molecule has 0 aliphatic carbocycles. The number of halogens is 1. The quantitative estimate of drug-likeness (QED) is 0.262. The van der Waals surface area contributed by atoms with Gasteiger partial charge in [-0.2, -0.15) is 5.10 Å². The van der Waals surface area contributed by atoms with Crippen molar-refractivity contribution in [2.75, 3.05) is 20.3 Å². The van der Waals surface area contributed by atoms with E-state index in [1.54, 1.807) is 11.7 Å². The van der Waals surface area contributed by atoms with Crippen LogP contribution >= 0.6 is 27.7 Å². The van der Waals surface area contributed by atoms with Crippen molar-refractivity contribution in [3.63, 3.8) is 0 Å². The first-order valence-corrected chi connectivity index (χ1v) is 10.8. The summed E-state index contributed by atoms with van der Waals surface area (Å²) in [5, 5.41) is 19.7. The molecule has 0 spiro atoms. The molecule has 0 bridgehead atoms. The van der Waals surface area contributed by atoms with E-state index in [1.165, 1.54) is 11.8 Å². The van der Waals surface area contributed by atoms with E-state index in [-0.39, 0.29) is 16.6 Å². The van der Waals surface area contributed by atoms with Crippen molar-refractivity contribution in [1.29, 1.82) is 5.41 Å². The molecule has 3 aromatic rings. The number of thioether (sulfide) groups is 1. The number of hydrogen-bond acceptors (Lipinski definition) is 6. The molecule has 0 aliphatic heterocycles. The van der Waals surface area contributed by atoms with Crippen LogP contribution < -0.4 is 10.8 Å². The predicted octanol–water partition coefficient (Wildman–Crippen LogP) is 2.93. The second-order valence-corrected chi connectivity index (χ2v) is 8.49. The minimum Gasteiger partial charge on any atom is -0.383 e. The molecule has 1 atom stereocenters. The van der Waals surface area contributed by atoms with Crippen molar-refractivity contribution in [3.8, 4) is 5.69 Å². The van der Waals surface area contributed by atoms with Gasteiger partial charge in [0.05, 0.1) is 17.2 Å². The highest BCUT2D eigenvalue weighted by Crippen LogP contribution is 2.27. The van der Waals surface area contributed by atoms with E-state index in [0.717, 1.165) is 15.9 Å². The maximum Gasteiger partial charge on any atom is 0.233 e. The molecule has 2 heterocycles. The summed E-state index contributed by atoms with van der Waals surface area (Å²) in [4.78, 5) is 17.3. The molecule has 1 aromatic carbocycles. The van der Waals surface area contributed by atoms with Gasteiger partial charge in [0, 0.05) is 29.5 Å². The minimum atomic E-state index is -0.349. The summed E-state index contributed by atoms with van der Waals surface area (Å²) in [6.07, 6.45) is 0.621. The van der Waals surface area contributed by atoms with E-state index in [4.69, 9.17) is 10.1 Å². The lowest BCUT2D eigenvalue weighted by atomic mass is 10.3. The number of fused-ring (bicyclic) bond motifs is 1. The average molecular weight is 479 g/mol. The highest BCUT2D eigenvalue weighted by atomic mass is 79.9. The number of methoxy groups -OCH3 is 1. The lowest BCUT2D eigenvalue weighted by Crippen LogP contribution is -2.35. The Morgan fingerprint density at radius 2 is 2.14 bits per heavy atom. The summed E-state index contributed by atoms with van der Waals surface area (Å²) < 4.78 is 7.70. The van der Waals surface area contributed by atoms with Crippen LogP contribution in [0.4, 0.5) is 0 Å². The van der Waals surface area contributed by atoms with Gasteiger partial charge in [0.1, 0.15) is 5.49 Å². The summed E-state index contributed by atoms with van der Waals surface area (Å²) in [7, 11) is 1.60. The first-order chi connectivity index (χ1) is 14.0. The summed E-state index contributed by atoms with van der Waals surface area (Å²) in [6, 6.07) is 7.65. The van der Waals surface area contributed by atoms with Crippen LogP contribution in [0.1, 0.15) is 19.0 Å². The normalized spacial score (nSPS) is 12.3. The number of benzene rings is 1. The number of amides is 1. The third-order valence-electron chi connectivity index (χ3n) is 4.38. The van der Waals surface area contributed by atoms with Crippen molar-refractivity contribution in [2.24, 2.45) is 0 Å². The lowest BCUT2D eigenvalue weighted by Gasteiger charge is -2.18. The Morgan fingerprint density at radius 3 is 2.79 bits per heavy atom. The fraction of sp³-hybridized carbons (Fsp3) is 0.368. The number of carbonyl (C=O) groups is 1. The Kier molecular flexibility index (Phi) is 7.09. The van der Waals surface area contributed by atoms with Crippen molar-refractivity contribution in [1.82, 2.24) is 25.1 Å².